The molecule has 0 spiro atoms. The molecule has 128 valence electrons. The monoisotopic (exact) mass is 377 g/mol. The summed E-state index contributed by atoms with van der Waals surface area (Å²) in [5.41, 5.74) is 0.677. The highest BCUT2D eigenvalue weighted by Gasteiger charge is 2.12. The zero-order valence-corrected chi connectivity index (χ0v) is 14.3. The van der Waals surface area contributed by atoms with Crippen molar-refractivity contribution in [3.8, 4) is 6.07 Å². The van der Waals surface area contributed by atoms with E-state index in [1.54, 1.807) is 18.2 Å². The van der Waals surface area contributed by atoms with Gasteiger partial charge in [0, 0.05) is 17.8 Å². The first kappa shape index (κ1) is 18.6. The third-order valence-electron chi connectivity index (χ3n) is 2.86. The lowest BCUT2D eigenvalue weighted by molar-refractivity contribution is -0.645. The Hall–Kier alpha value is -2.76. The van der Waals surface area contributed by atoms with Gasteiger partial charge in [-0.1, -0.05) is 11.6 Å². The molecule has 25 heavy (non-hydrogen) atoms. The van der Waals surface area contributed by atoms with E-state index in [0.717, 1.165) is 11.8 Å². The Kier molecular flexibility index (Phi) is 6.62. The number of nitriles is 1. The fourth-order valence-electron chi connectivity index (χ4n) is 1.73. The molecule has 1 aromatic heterocycles. The van der Waals surface area contributed by atoms with Gasteiger partial charge in [0.05, 0.1) is 10.6 Å². The van der Waals surface area contributed by atoms with E-state index in [1.165, 1.54) is 24.4 Å². The topological polar surface area (TPSA) is 106 Å². The van der Waals surface area contributed by atoms with Gasteiger partial charge in [0.25, 0.3) is 10.9 Å². The molecule has 1 heterocycles. The van der Waals surface area contributed by atoms with Crippen LogP contribution in [0.1, 0.15) is 5.56 Å². The molecule has 2 rings (SSSR count). The van der Waals surface area contributed by atoms with Crippen LogP contribution in [0.15, 0.2) is 47.6 Å². The second-order valence-electron chi connectivity index (χ2n) is 4.67. The molecular formula is C16H12ClN3O4S. The predicted molar refractivity (Wildman–Crippen MR) is 91.9 cm³/mol. The van der Waals surface area contributed by atoms with Crippen molar-refractivity contribution in [3.05, 3.63) is 58.4 Å². The number of benzene rings is 1. The summed E-state index contributed by atoms with van der Waals surface area (Å²) in [6.07, 6.45) is 1.32. The second-order valence-corrected chi connectivity index (χ2v) is 6.07. The summed E-state index contributed by atoms with van der Waals surface area (Å²) in [6.45, 7) is -0.469. The van der Waals surface area contributed by atoms with E-state index in [9.17, 15) is 14.8 Å². The number of carbonyl (C=O) groups excluding carboxylic acids is 2. The van der Waals surface area contributed by atoms with E-state index in [0.29, 0.717) is 21.0 Å². The molecule has 1 amide bonds. The van der Waals surface area contributed by atoms with Crippen molar-refractivity contribution in [1.82, 2.24) is 0 Å². The van der Waals surface area contributed by atoms with E-state index >= 15 is 0 Å². The molecule has 0 fully saturated rings. The number of halogens is 1. The first-order valence-corrected chi connectivity index (χ1v) is 8.32. The van der Waals surface area contributed by atoms with Crippen molar-refractivity contribution in [2.24, 2.45) is 0 Å². The van der Waals surface area contributed by atoms with Crippen molar-refractivity contribution in [1.29, 1.82) is 5.26 Å². The van der Waals surface area contributed by atoms with E-state index in [4.69, 9.17) is 21.6 Å². The minimum Gasteiger partial charge on any atom is -0.618 e. The molecule has 1 N–H and O–H groups in total. The minimum atomic E-state index is -0.623. The number of hydrogen-bond acceptors (Lipinski definition) is 6. The highest BCUT2D eigenvalue weighted by molar-refractivity contribution is 7.99. The number of anilines is 1. The molecule has 0 saturated heterocycles. The van der Waals surface area contributed by atoms with Crippen molar-refractivity contribution in [3.63, 3.8) is 0 Å². The van der Waals surface area contributed by atoms with Crippen molar-refractivity contribution in [2.45, 2.75) is 5.03 Å². The van der Waals surface area contributed by atoms with Crippen LogP contribution in [0.2, 0.25) is 5.02 Å². The average molecular weight is 378 g/mol. The third kappa shape index (κ3) is 5.67. The highest BCUT2D eigenvalue weighted by Crippen LogP contribution is 2.20. The van der Waals surface area contributed by atoms with Crippen LogP contribution in [0.3, 0.4) is 0 Å². The Morgan fingerprint density at radius 1 is 1.36 bits per heavy atom. The molecule has 0 aliphatic rings. The van der Waals surface area contributed by atoms with Crippen LogP contribution in [0.5, 0.6) is 0 Å². The van der Waals surface area contributed by atoms with Gasteiger partial charge in [-0.2, -0.15) is 9.99 Å². The van der Waals surface area contributed by atoms with E-state index in [1.807, 2.05) is 6.07 Å². The average Bonchev–Trinajstić information content (AvgIpc) is 2.59. The van der Waals surface area contributed by atoms with E-state index in [2.05, 4.69) is 5.32 Å². The number of pyridine rings is 1. The van der Waals surface area contributed by atoms with Crippen molar-refractivity contribution < 1.29 is 19.1 Å². The number of hydrogen-bond donors (Lipinski definition) is 1. The van der Waals surface area contributed by atoms with Crippen LogP contribution in [0.4, 0.5) is 5.69 Å². The predicted octanol–water partition coefficient (Wildman–Crippen LogP) is 2.12. The Labute approximate surface area is 152 Å². The summed E-state index contributed by atoms with van der Waals surface area (Å²) >= 11 is 6.88. The lowest BCUT2D eigenvalue weighted by Crippen LogP contribution is -2.28. The van der Waals surface area contributed by atoms with Crippen molar-refractivity contribution >= 4 is 40.9 Å². The summed E-state index contributed by atoms with van der Waals surface area (Å²) in [5, 5.41) is 23.3. The Morgan fingerprint density at radius 2 is 2.16 bits per heavy atom. The molecule has 0 unspecified atom stereocenters. The summed E-state index contributed by atoms with van der Waals surface area (Å²) in [5.74, 6) is -1.26. The van der Waals surface area contributed by atoms with Gasteiger partial charge in [-0.05, 0) is 36.0 Å². The maximum absolute atomic E-state index is 11.8. The van der Waals surface area contributed by atoms with Gasteiger partial charge in [-0.15, -0.1) is 0 Å². The molecule has 9 heteroatoms. The summed E-state index contributed by atoms with van der Waals surface area (Å²) in [6, 6.07) is 11.2. The molecular weight excluding hydrogens is 366 g/mol. The van der Waals surface area contributed by atoms with Crippen molar-refractivity contribution in [2.75, 3.05) is 17.7 Å². The normalized spacial score (nSPS) is 9.92. The molecule has 0 aliphatic heterocycles. The lowest BCUT2D eigenvalue weighted by Gasteiger charge is -2.07. The van der Waals surface area contributed by atoms with Gasteiger partial charge in [0.15, 0.2) is 12.8 Å². The zero-order chi connectivity index (χ0) is 18.2. The molecule has 0 radical (unpaired) electrons. The Morgan fingerprint density at radius 3 is 2.84 bits per heavy atom. The maximum Gasteiger partial charge on any atom is 0.317 e. The van der Waals surface area contributed by atoms with Gasteiger partial charge in [-0.25, -0.2) is 0 Å². The van der Waals surface area contributed by atoms with Gasteiger partial charge < -0.3 is 15.3 Å². The van der Waals surface area contributed by atoms with Crippen LogP contribution >= 0.6 is 23.4 Å². The number of nitrogens with one attached hydrogen (secondary N) is 1. The Balaban J connectivity index is 1.78. The lowest BCUT2D eigenvalue weighted by atomic mass is 10.2. The Bertz CT molecular complexity index is 838. The largest absolute Gasteiger partial charge is 0.618 e. The number of aromatic nitrogens is 1. The molecule has 0 aliphatic carbocycles. The molecule has 1 aromatic carbocycles. The second kappa shape index (κ2) is 8.92. The standard InChI is InChI=1S/C16H12ClN3O4S/c17-13-7-12(5-4-11(13)8-18)19-14(21)9-24-16(22)10-25-15-3-1-2-6-20(15)23/h1-7H,9-10H2,(H,19,21). The van der Waals surface area contributed by atoms with Crippen LogP contribution in [-0.2, 0) is 14.3 Å². The van der Waals surface area contributed by atoms with Gasteiger partial charge in [-0.3, -0.25) is 9.59 Å². The quantitative estimate of drug-likeness (QED) is 0.357. The molecule has 2 aromatic rings. The molecule has 0 bridgehead atoms. The number of carbonyl (C=O) groups is 2. The highest BCUT2D eigenvalue weighted by atomic mass is 35.5. The molecule has 7 nitrogen and oxygen atoms in total. The number of esters is 1. The van der Waals surface area contributed by atoms with Gasteiger partial charge >= 0.3 is 5.97 Å². The van der Waals surface area contributed by atoms with Crippen LogP contribution < -0.4 is 10.0 Å². The third-order valence-corrected chi connectivity index (χ3v) is 4.17. The zero-order valence-electron chi connectivity index (χ0n) is 12.8. The van der Waals surface area contributed by atoms with Crippen LogP contribution in [0, 0.1) is 16.5 Å². The summed E-state index contributed by atoms with van der Waals surface area (Å²) in [7, 11) is 0. The number of ether oxygens (including phenoxy) is 1. The fourth-order valence-corrected chi connectivity index (χ4v) is 2.66. The number of amides is 1. The smallest absolute Gasteiger partial charge is 0.317 e. The van der Waals surface area contributed by atoms with Crippen LogP contribution in [-0.4, -0.2) is 24.2 Å². The number of thioether (sulfide) groups is 1. The van der Waals surface area contributed by atoms with Crippen LogP contribution in [0.25, 0.3) is 0 Å². The number of rotatable bonds is 6. The first-order chi connectivity index (χ1) is 12.0. The molecule has 0 saturated carbocycles. The first-order valence-electron chi connectivity index (χ1n) is 6.95. The van der Waals surface area contributed by atoms with Gasteiger partial charge in [0.1, 0.15) is 11.8 Å². The number of nitrogens with zero attached hydrogens (tertiary/aromatic N) is 2. The van der Waals surface area contributed by atoms with E-state index in [-0.39, 0.29) is 10.8 Å². The minimum absolute atomic E-state index is 0.0950. The SMILES string of the molecule is N#Cc1ccc(NC(=O)COC(=O)CSc2cccc[n+]2[O-])cc1Cl. The fraction of sp³-hybridized carbons (Fsp3) is 0.125. The molecule has 0 atom stereocenters. The summed E-state index contributed by atoms with van der Waals surface area (Å²) in [4.78, 5) is 23.4. The van der Waals surface area contributed by atoms with Gasteiger partial charge in [0.2, 0.25) is 0 Å². The van der Waals surface area contributed by atoms with E-state index < -0.39 is 18.5 Å². The maximum atomic E-state index is 11.8. The summed E-state index contributed by atoms with van der Waals surface area (Å²) < 4.78 is 5.48.